The summed E-state index contributed by atoms with van der Waals surface area (Å²) in [6.07, 6.45) is 0. The van der Waals surface area contributed by atoms with Crippen molar-refractivity contribution in [2.24, 2.45) is 0 Å². The van der Waals surface area contributed by atoms with Crippen molar-refractivity contribution < 1.29 is 14.2 Å². The van der Waals surface area contributed by atoms with Gasteiger partial charge in [0.2, 0.25) is 0 Å². The summed E-state index contributed by atoms with van der Waals surface area (Å²) in [4.78, 5) is 0. The van der Waals surface area contributed by atoms with E-state index < -0.39 is 0 Å². The Morgan fingerprint density at radius 3 is 1.50 bits per heavy atom. The topological polar surface area (TPSA) is 27.7 Å². The fourth-order valence-electron chi connectivity index (χ4n) is 3.20. The van der Waals surface area contributed by atoms with Gasteiger partial charge in [0.05, 0.1) is 0 Å². The Balaban J connectivity index is 1.57. The van der Waals surface area contributed by atoms with Gasteiger partial charge in [-0.25, -0.2) is 0 Å². The number of hydrogen-bond donors (Lipinski definition) is 0. The van der Waals surface area contributed by atoms with Gasteiger partial charge in [-0.3, -0.25) is 0 Å². The summed E-state index contributed by atoms with van der Waals surface area (Å²) in [7, 11) is 0. The highest BCUT2D eigenvalue weighted by Gasteiger charge is 2.12. The van der Waals surface area contributed by atoms with E-state index in [1.807, 2.05) is 91.0 Å². The van der Waals surface area contributed by atoms with E-state index in [9.17, 15) is 0 Å². The molecule has 0 aliphatic rings. The lowest BCUT2D eigenvalue weighted by molar-refractivity contribution is 0.297. The van der Waals surface area contributed by atoms with Gasteiger partial charge in [0, 0.05) is 15.6 Å². The number of benzene rings is 4. The van der Waals surface area contributed by atoms with Crippen LogP contribution in [0.3, 0.4) is 0 Å². The molecule has 4 aromatic rings. The molecule has 0 aliphatic carbocycles. The molecule has 4 aromatic carbocycles. The van der Waals surface area contributed by atoms with E-state index in [0.29, 0.717) is 13.2 Å². The summed E-state index contributed by atoms with van der Waals surface area (Å²) in [5.41, 5.74) is 4.38. The minimum absolute atomic E-state index is 0.410. The molecule has 0 unspecified atom stereocenters. The molecule has 0 heterocycles. The standard InChI is InChI=1S/C28H25BrO3/c1-20-8-12-24(13-9-20)30-18-22-16-27(32-26-6-4-3-5-7-26)17-23(28(22)29)19-31-25-14-10-21(2)11-15-25/h3-17H,18-19H2,1-2H3. The van der Waals surface area contributed by atoms with Crippen LogP contribution in [-0.4, -0.2) is 0 Å². The normalized spacial score (nSPS) is 10.6. The lowest BCUT2D eigenvalue weighted by Gasteiger charge is -2.16. The smallest absolute Gasteiger partial charge is 0.128 e. The first kappa shape index (κ1) is 22.0. The van der Waals surface area contributed by atoms with Crippen LogP contribution in [-0.2, 0) is 13.2 Å². The highest BCUT2D eigenvalue weighted by molar-refractivity contribution is 9.10. The second-order valence-corrected chi connectivity index (χ2v) is 8.47. The number of rotatable bonds is 8. The van der Waals surface area contributed by atoms with E-state index in [0.717, 1.165) is 38.6 Å². The van der Waals surface area contributed by atoms with Crippen molar-refractivity contribution in [3.8, 4) is 23.0 Å². The van der Waals surface area contributed by atoms with E-state index in [4.69, 9.17) is 14.2 Å². The van der Waals surface area contributed by atoms with E-state index >= 15 is 0 Å². The molecule has 32 heavy (non-hydrogen) atoms. The Morgan fingerprint density at radius 2 is 1.03 bits per heavy atom. The molecule has 0 spiro atoms. The Morgan fingerprint density at radius 1 is 0.562 bits per heavy atom. The van der Waals surface area contributed by atoms with Crippen molar-refractivity contribution in [2.75, 3.05) is 0 Å². The van der Waals surface area contributed by atoms with E-state index in [2.05, 4.69) is 29.8 Å². The molecule has 0 fully saturated rings. The van der Waals surface area contributed by atoms with E-state index in [1.165, 1.54) is 11.1 Å². The third-order valence-corrected chi connectivity index (χ3v) is 6.02. The van der Waals surface area contributed by atoms with Crippen molar-refractivity contribution in [3.63, 3.8) is 0 Å². The summed E-state index contributed by atoms with van der Waals surface area (Å²) >= 11 is 3.76. The number of hydrogen-bond acceptors (Lipinski definition) is 3. The molecular formula is C28H25BrO3. The first-order valence-corrected chi connectivity index (χ1v) is 11.3. The van der Waals surface area contributed by atoms with Crippen LogP contribution in [0.2, 0.25) is 0 Å². The molecule has 4 heteroatoms. The molecule has 0 atom stereocenters. The van der Waals surface area contributed by atoms with Gasteiger partial charge in [0.1, 0.15) is 36.2 Å². The molecular weight excluding hydrogens is 464 g/mol. The van der Waals surface area contributed by atoms with Crippen LogP contribution < -0.4 is 14.2 Å². The average Bonchev–Trinajstić information content (AvgIpc) is 2.81. The van der Waals surface area contributed by atoms with E-state index in [1.54, 1.807) is 0 Å². The van der Waals surface area contributed by atoms with Gasteiger partial charge in [-0.05, 0) is 78.3 Å². The maximum Gasteiger partial charge on any atom is 0.128 e. The Labute approximate surface area is 197 Å². The maximum atomic E-state index is 6.12. The maximum absolute atomic E-state index is 6.12. The molecule has 162 valence electrons. The van der Waals surface area contributed by atoms with Gasteiger partial charge in [-0.2, -0.15) is 0 Å². The molecule has 0 aliphatic heterocycles. The summed E-state index contributed by atoms with van der Waals surface area (Å²) in [6, 6.07) is 29.8. The van der Waals surface area contributed by atoms with Crippen LogP contribution >= 0.6 is 15.9 Å². The summed E-state index contributed by atoms with van der Waals surface area (Å²) in [6.45, 7) is 4.94. The Kier molecular flexibility index (Phi) is 7.13. The monoisotopic (exact) mass is 488 g/mol. The fraction of sp³-hybridized carbons (Fsp3) is 0.143. The Hall–Kier alpha value is -3.24. The van der Waals surface area contributed by atoms with Gasteiger partial charge >= 0.3 is 0 Å². The van der Waals surface area contributed by atoms with Crippen LogP contribution in [0.15, 0.2) is 95.5 Å². The molecule has 0 saturated heterocycles. The molecule has 4 rings (SSSR count). The zero-order valence-corrected chi connectivity index (χ0v) is 19.8. The highest BCUT2D eigenvalue weighted by atomic mass is 79.9. The summed E-state index contributed by atoms with van der Waals surface area (Å²) < 4.78 is 19.1. The fourth-order valence-corrected chi connectivity index (χ4v) is 3.66. The number of aryl methyl sites for hydroxylation is 2. The van der Waals surface area contributed by atoms with Crippen LogP contribution in [0.1, 0.15) is 22.3 Å². The van der Waals surface area contributed by atoms with Gasteiger partial charge in [-0.1, -0.05) is 53.6 Å². The van der Waals surface area contributed by atoms with Gasteiger partial charge in [0.15, 0.2) is 0 Å². The molecule has 0 saturated carbocycles. The second kappa shape index (κ2) is 10.4. The molecule has 0 bridgehead atoms. The molecule has 0 N–H and O–H groups in total. The zero-order chi connectivity index (χ0) is 22.3. The van der Waals surface area contributed by atoms with Crippen LogP contribution in [0.5, 0.6) is 23.0 Å². The minimum Gasteiger partial charge on any atom is -0.489 e. The van der Waals surface area contributed by atoms with Crippen LogP contribution in [0, 0.1) is 13.8 Å². The first-order valence-electron chi connectivity index (χ1n) is 10.5. The first-order chi connectivity index (χ1) is 15.6. The summed E-state index contributed by atoms with van der Waals surface area (Å²) in [5.74, 6) is 3.18. The average molecular weight is 489 g/mol. The van der Waals surface area contributed by atoms with Gasteiger partial charge < -0.3 is 14.2 Å². The largest absolute Gasteiger partial charge is 0.489 e. The van der Waals surface area contributed by atoms with Gasteiger partial charge in [0.25, 0.3) is 0 Å². The molecule has 0 amide bonds. The second-order valence-electron chi connectivity index (χ2n) is 7.67. The quantitative estimate of drug-likeness (QED) is 0.251. The van der Waals surface area contributed by atoms with E-state index in [-0.39, 0.29) is 0 Å². The Bertz CT molecular complexity index is 1080. The van der Waals surface area contributed by atoms with Crippen molar-refractivity contribution in [2.45, 2.75) is 27.1 Å². The van der Waals surface area contributed by atoms with Crippen LogP contribution in [0.25, 0.3) is 0 Å². The van der Waals surface area contributed by atoms with Crippen molar-refractivity contribution in [1.29, 1.82) is 0 Å². The number of ether oxygens (including phenoxy) is 3. The zero-order valence-electron chi connectivity index (χ0n) is 18.2. The van der Waals surface area contributed by atoms with Crippen molar-refractivity contribution in [3.05, 3.63) is 118 Å². The SMILES string of the molecule is Cc1ccc(OCc2cc(Oc3ccccc3)cc(COc3ccc(C)cc3)c2Br)cc1. The van der Waals surface area contributed by atoms with Gasteiger partial charge in [-0.15, -0.1) is 0 Å². The molecule has 3 nitrogen and oxygen atoms in total. The third-order valence-electron chi connectivity index (χ3n) is 5.01. The minimum atomic E-state index is 0.410. The lowest BCUT2D eigenvalue weighted by Crippen LogP contribution is -2.03. The van der Waals surface area contributed by atoms with Crippen LogP contribution in [0.4, 0.5) is 0 Å². The number of para-hydroxylation sites is 1. The summed E-state index contributed by atoms with van der Waals surface area (Å²) in [5, 5.41) is 0. The predicted molar refractivity (Wildman–Crippen MR) is 132 cm³/mol. The highest BCUT2D eigenvalue weighted by Crippen LogP contribution is 2.32. The predicted octanol–water partition coefficient (Wildman–Crippen LogP) is 8.02. The van der Waals surface area contributed by atoms with Crippen molar-refractivity contribution >= 4 is 15.9 Å². The lowest BCUT2D eigenvalue weighted by atomic mass is 10.1. The third kappa shape index (κ3) is 5.92. The number of halogens is 1. The van der Waals surface area contributed by atoms with Crippen molar-refractivity contribution in [1.82, 2.24) is 0 Å². The molecule has 0 radical (unpaired) electrons. The molecule has 0 aromatic heterocycles.